The van der Waals surface area contributed by atoms with E-state index in [1.807, 2.05) is 48.5 Å². The largest absolute Gasteiger partial charge is 0.382 e. The number of para-hydroxylation sites is 1. The molecule has 0 saturated carbocycles. The third kappa shape index (κ3) is 2.87. The van der Waals surface area contributed by atoms with Crippen molar-refractivity contribution in [2.45, 2.75) is 0 Å². The van der Waals surface area contributed by atoms with E-state index in [1.165, 1.54) is 12.4 Å². The summed E-state index contributed by atoms with van der Waals surface area (Å²) >= 11 is 0. The minimum Gasteiger partial charge on any atom is -0.382 e. The molecule has 0 radical (unpaired) electrons. The van der Waals surface area contributed by atoms with Crippen molar-refractivity contribution in [1.82, 2.24) is 15.0 Å². The molecule has 4 rings (SSSR count). The molecule has 7 heteroatoms. The Hall–Kier alpha value is -4.05. The molecule has 0 fully saturated rings. The SMILES string of the molecule is CN(c1nc2c(F)cccc2cc1-c1ccccc1)c1ncnc(N)c1C#N. The topological polar surface area (TPSA) is 91.7 Å². The molecule has 2 aromatic heterocycles. The normalized spacial score (nSPS) is 10.6. The first-order valence-electron chi connectivity index (χ1n) is 8.49. The minimum atomic E-state index is -0.422. The average Bonchev–Trinajstić information content (AvgIpc) is 2.73. The number of rotatable bonds is 3. The first-order chi connectivity index (χ1) is 13.6. The van der Waals surface area contributed by atoms with E-state index in [4.69, 9.17) is 5.73 Å². The summed E-state index contributed by atoms with van der Waals surface area (Å²) in [5.41, 5.74) is 7.90. The Labute approximate surface area is 160 Å². The number of fused-ring (bicyclic) bond motifs is 1. The Morgan fingerprint density at radius 3 is 2.57 bits per heavy atom. The van der Waals surface area contributed by atoms with E-state index in [0.717, 1.165) is 11.1 Å². The average molecular weight is 370 g/mol. The van der Waals surface area contributed by atoms with E-state index in [1.54, 1.807) is 18.0 Å². The van der Waals surface area contributed by atoms with E-state index in [0.29, 0.717) is 17.0 Å². The second-order valence-corrected chi connectivity index (χ2v) is 6.17. The van der Waals surface area contributed by atoms with Gasteiger partial charge in [-0.15, -0.1) is 0 Å². The van der Waals surface area contributed by atoms with Gasteiger partial charge in [-0.1, -0.05) is 42.5 Å². The number of aromatic nitrogens is 3. The van der Waals surface area contributed by atoms with Gasteiger partial charge in [0.15, 0.2) is 5.82 Å². The number of nitriles is 1. The molecule has 0 aliphatic rings. The van der Waals surface area contributed by atoms with E-state index in [9.17, 15) is 9.65 Å². The molecule has 0 bridgehead atoms. The van der Waals surface area contributed by atoms with Crippen molar-refractivity contribution in [3.63, 3.8) is 0 Å². The van der Waals surface area contributed by atoms with Gasteiger partial charge in [0.25, 0.3) is 0 Å². The van der Waals surface area contributed by atoms with E-state index in [-0.39, 0.29) is 16.9 Å². The zero-order valence-electron chi connectivity index (χ0n) is 15.0. The van der Waals surface area contributed by atoms with Gasteiger partial charge in [0.05, 0.1) is 0 Å². The molecular formula is C21H15FN6. The highest BCUT2D eigenvalue weighted by atomic mass is 19.1. The maximum Gasteiger partial charge on any atom is 0.157 e. The minimum absolute atomic E-state index is 0.0765. The van der Waals surface area contributed by atoms with Crippen molar-refractivity contribution in [2.24, 2.45) is 0 Å². The lowest BCUT2D eigenvalue weighted by Gasteiger charge is -2.22. The van der Waals surface area contributed by atoms with Crippen LogP contribution in [0.15, 0.2) is 60.9 Å². The van der Waals surface area contributed by atoms with Crippen molar-refractivity contribution >= 4 is 28.4 Å². The fraction of sp³-hybridized carbons (Fsp3) is 0.0476. The van der Waals surface area contributed by atoms with Crippen molar-refractivity contribution in [2.75, 3.05) is 17.7 Å². The third-order valence-corrected chi connectivity index (χ3v) is 4.47. The summed E-state index contributed by atoms with van der Waals surface area (Å²) < 4.78 is 14.4. The summed E-state index contributed by atoms with van der Waals surface area (Å²) in [5.74, 6) is 0.413. The lowest BCUT2D eigenvalue weighted by Crippen LogP contribution is -2.17. The highest BCUT2D eigenvalue weighted by Crippen LogP contribution is 2.36. The highest BCUT2D eigenvalue weighted by Gasteiger charge is 2.20. The van der Waals surface area contributed by atoms with E-state index in [2.05, 4.69) is 15.0 Å². The molecule has 2 aromatic carbocycles. The smallest absolute Gasteiger partial charge is 0.157 e. The van der Waals surface area contributed by atoms with E-state index < -0.39 is 5.82 Å². The Morgan fingerprint density at radius 2 is 1.82 bits per heavy atom. The van der Waals surface area contributed by atoms with Crippen LogP contribution in [0.2, 0.25) is 0 Å². The molecule has 0 atom stereocenters. The summed E-state index contributed by atoms with van der Waals surface area (Å²) in [5, 5.41) is 10.2. The molecule has 136 valence electrons. The number of halogens is 1. The molecule has 0 aliphatic heterocycles. The lowest BCUT2D eigenvalue weighted by atomic mass is 10.0. The first kappa shape index (κ1) is 17.4. The number of hydrogen-bond acceptors (Lipinski definition) is 6. The third-order valence-electron chi connectivity index (χ3n) is 4.47. The van der Waals surface area contributed by atoms with Crippen LogP contribution in [-0.4, -0.2) is 22.0 Å². The fourth-order valence-electron chi connectivity index (χ4n) is 3.09. The fourth-order valence-corrected chi connectivity index (χ4v) is 3.09. The van der Waals surface area contributed by atoms with Crippen LogP contribution in [0, 0.1) is 17.1 Å². The van der Waals surface area contributed by atoms with Crippen molar-refractivity contribution < 1.29 is 4.39 Å². The van der Waals surface area contributed by atoms with Gasteiger partial charge in [-0.05, 0) is 17.7 Å². The predicted molar refractivity (Wildman–Crippen MR) is 106 cm³/mol. The second-order valence-electron chi connectivity index (χ2n) is 6.17. The first-order valence-corrected chi connectivity index (χ1v) is 8.49. The Balaban J connectivity index is 2.01. The van der Waals surface area contributed by atoms with Gasteiger partial charge in [-0.3, -0.25) is 0 Å². The Morgan fingerprint density at radius 1 is 1.04 bits per heavy atom. The van der Waals surface area contributed by atoms with Gasteiger partial charge < -0.3 is 10.6 Å². The van der Waals surface area contributed by atoms with Gasteiger partial charge in [0.2, 0.25) is 0 Å². The number of nitrogens with two attached hydrogens (primary N) is 1. The molecule has 28 heavy (non-hydrogen) atoms. The number of benzene rings is 2. The maximum atomic E-state index is 14.4. The number of nitrogens with zero attached hydrogens (tertiary/aromatic N) is 5. The lowest BCUT2D eigenvalue weighted by molar-refractivity contribution is 0.637. The van der Waals surface area contributed by atoms with Gasteiger partial charge in [-0.25, -0.2) is 19.3 Å². The van der Waals surface area contributed by atoms with Gasteiger partial charge in [0.1, 0.15) is 40.9 Å². The van der Waals surface area contributed by atoms with Crippen molar-refractivity contribution in [3.8, 4) is 17.2 Å². The van der Waals surface area contributed by atoms with Crippen LogP contribution < -0.4 is 10.6 Å². The van der Waals surface area contributed by atoms with Gasteiger partial charge in [-0.2, -0.15) is 5.26 Å². The number of anilines is 3. The van der Waals surface area contributed by atoms with Gasteiger partial charge >= 0.3 is 0 Å². The molecule has 2 heterocycles. The summed E-state index contributed by atoms with van der Waals surface area (Å²) in [4.78, 5) is 14.3. The zero-order chi connectivity index (χ0) is 19.7. The van der Waals surface area contributed by atoms with Crippen LogP contribution in [0.3, 0.4) is 0 Å². The molecule has 4 aromatic rings. The quantitative estimate of drug-likeness (QED) is 0.585. The molecule has 0 aliphatic carbocycles. The molecule has 0 saturated heterocycles. The molecule has 0 spiro atoms. The number of nitrogen functional groups attached to an aromatic ring is 1. The standard InChI is InChI=1S/C21H15FN6/c1-28(20-16(11-23)19(24)25-12-26-20)21-15(13-6-3-2-4-7-13)10-14-8-5-9-17(22)18(14)27-21/h2-10,12H,1H3,(H2,24,25,26). The summed E-state index contributed by atoms with van der Waals surface area (Å²) in [7, 11) is 1.71. The maximum absolute atomic E-state index is 14.4. The van der Waals surface area contributed by atoms with Crippen LogP contribution in [0.5, 0.6) is 0 Å². The van der Waals surface area contributed by atoms with Crippen LogP contribution in [0.1, 0.15) is 5.56 Å². The van der Waals surface area contributed by atoms with Crippen LogP contribution in [0.4, 0.5) is 21.8 Å². The van der Waals surface area contributed by atoms with Crippen LogP contribution in [-0.2, 0) is 0 Å². The second kappa shape index (κ2) is 6.93. The molecule has 2 N–H and O–H groups in total. The summed E-state index contributed by atoms with van der Waals surface area (Å²) in [6, 6.07) is 18.4. The zero-order valence-corrected chi connectivity index (χ0v) is 15.0. The van der Waals surface area contributed by atoms with Crippen LogP contribution in [0.25, 0.3) is 22.0 Å². The summed E-state index contributed by atoms with van der Waals surface area (Å²) in [6.45, 7) is 0. The molecule has 0 amide bonds. The monoisotopic (exact) mass is 370 g/mol. The highest BCUT2D eigenvalue weighted by molar-refractivity contribution is 5.91. The van der Waals surface area contributed by atoms with E-state index >= 15 is 0 Å². The summed E-state index contributed by atoms with van der Waals surface area (Å²) in [6.07, 6.45) is 1.28. The molecule has 6 nitrogen and oxygen atoms in total. The Kier molecular flexibility index (Phi) is 4.30. The van der Waals surface area contributed by atoms with Gasteiger partial charge in [0, 0.05) is 18.0 Å². The number of hydrogen-bond donors (Lipinski definition) is 1. The Bertz CT molecular complexity index is 1220. The van der Waals surface area contributed by atoms with Crippen molar-refractivity contribution in [1.29, 1.82) is 5.26 Å². The number of pyridine rings is 1. The van der Waals surface area contributed by atoms with Crippen LogP contribution >= 0.6 is 0 Å². The van der Waals surface area contributed by atoms with Crippen molar-refractivity contribution in [3.05, 3.63) is 72.3 Å². The molecular weight excluding hydrogens is 355 g/mol. The predicted octanol–water partition coefficient (Wildman–Crippen LogP) is 4.05. The molecule has 0 unspecified atom stereocenters.